The van der Waals surface area contributed by atoms with E-state index in [9.17, 15) is 13.2 Å². The summed E-state index contributed by atoms with van der Waals surface area (Å²) in [6, 6.07) is 5.11. The highest BCUT2D eigenvalue weighted by molar-refractivity contribution is 7.91. The smallest absolute Gasteiger partial charge is 0.196 e. The highest BCUT2D eigenvalue weighted by Gasteiger charge is 2.25. The number of ketones is 1. The van der Waals surface area contributed by atoms with Gasteiger partial charge in [-0.05, 0) is 12.1 Å². The fraction of sp³-hybridized carbons (Fsp3) is 0.273. The summed E-state index contributed by atoms with van der Waals surface area (Å²) in [5, 5.41) is -0.0110. The average molecular weight is 252 g/mol. The molecule has 0 aliphatic rings. The van der Waals surface area contributed by atoms with E-state index >= 15 is 0 Å². The molecular weight excluding hydrogens is 240 g/mol. The molecule has 0 N–H and O–H groups in total. The monoisotopic (exact) mass is 252 g/mol. The Morgan fingerprint density at radius 1 is 1.41 bits per heavy atom. The zero-order valence-electron chi connectivity index (χ0n) is 9.54. The quantitative estimate of drug-likeness (QED) is 0.773. The van der Waals surface area contributed by atoms with Gasteiger partial charge in [-0.2, -0.15) is 0 Å². The highest BCUT2D eigenvalue weighted by Crippen LogP contribution is 2.19. The van der Waals surface area contributed by atoms with E-state index in [2.05, 4.69) is 4.98 Å². The van der Waals surface area contributed by atoms with Gasteiger partial charge in [-0.1, -0.05) is 13.0 Å². The van der Waals surface area contributed by atoms with Crippen LogP contribution in [0.4, 0.5) is 0 Å². The number of hydrogen-bond donors (Lipinski definition) is 0. The van der Waals surface area contributed by atoms with Crippen molar-refractivity contribution >= 4 is 21.3 Å². The van der Waals surface area contributed by atoms with Crippen LogP contribution in [0.1, 0.15) is 24.3 Å². The molecule has 0 saturated heterocycles. The first-order chi connectivity index (χ1) is 7.97. The zero-order chi connectivity index (χ0) is 12.6. The number of pyridine rings is 1. The summed E-state index contributed by atoms with van der Waals surface area (Å²) in [6.07, 6.45) is 1.59. The molecule has 0 spiro atoms. The van der Waals surface area contributed by atoms with Crippen molar-refractivity contribution in [2.24, 2.45) is 0 Å². The second-order valence-electron chi connectivity index (χ2n) is 3.65. The Hall–Kier alpha value is -1.69. The van der Waals surface area contributed by atoms with E-state index in [4.69, 9.17) is 0 Å². The Labute approximate surface area is 99.0 Å². The molecule has 0 saturated carbocycles. The SMILES string of the molecule is CCS(=O)(=O)c1c(C(C)=O)nc2ccccn12. The third-order valence-corrected chi connectivity index (χ3v) is 4.23. The third-order valence-electron chi connectivity index (χ3n) is 2.49. The minimum Gasteiger partial charge on any atom is -0.293 e. The molecular formula is C11H12N2O3S. The zero-order valence-corrected chi connectivity index (χ0v) is 10.4. The van der Waals surface area contributed by atoms with Crippen molar-refractivity contribution in [1.29, 1.82) is 0 Å². The molecule has 6 heteroatoms. The lowest BCUT2D eigenvalue weighted by atomic mass is 10.3. The number of carbonyl (C=O) groups is 1. The van der Waals surface area contributed by atoms with Crippen LogP contribution in [0.25, 0.3) is 5.65 Å². The summed E-state index contributed by atoms with van der Waals surface area (Å²) in [6.45, 7) is 2.86. The number of Topliss-reactive ketones (excluding diaryl/α,β-unsaturated/α-hetero) is 1. The summed E-state index contributed by atoms with van der Waals surface area (Å²) in [7, 11) is -3.48. The molecule has 0 aliphatic heterocycles. The maximum atomic E-state index is 12.0. The van der Waals surface area contributed by atoms with Gasteiger partial charge < -0.3 is 0 Å². The Morgan fingerprint density at radius 3 is 2.71 bits per heavy atom. The Bertz CT molecular complexity index is 686. The van der Waals surface area contributed by atoms with Gasteiger partial charge in [0.15, 0.2) is 20.6 Å². The molecule has 0 unspecified atom stereocenters. The van der Waals surface area contributed by atoms with Gasteiger partial charge in [0.1, 0.15) is 11.3 Å². The number of sulfone groups is 1. The molecule has 90 valence electrons. The van der Waals surface area contributed by atoms with E-state index in [0.717, 1.165) is 0 Å². The molecule has 17 heavy (non-hydrogen) atoms. The second-order valence-corrected chi connectivity index (χ2v) is 5.85. The van der Waals surface area contributed by atoms with Gasteiger partial charge >= 0.3 is 0 Å². The topological polar surface area (TPSA) is 68.5 Å². The fourth-order valence-electron chi connectivity index (χ4n) is 1.64. The molecule has 5 nitrogen and oxygen atoms in total. The van der Waals surface area contributed by atoms with Gasteiger partial charge in [0.05, 0.1) is 5.75 Å². The van der Waals surface area contributed by atoms with E-state index in [1.54, 1.807) is 31.3 Å². The highest BCUT2D eigenvalue weighted by atomic mass is 32.2. The number of nitrogens with zero attached hydrogens (tertiary/aromatic N) is 2. The first-order valence-electron chi connectivity index (χ1n) is 5.18. The van der Waals surface area contributed by atoms with Crippen LogP contribution in [-0.4, -0.2) is 29.3 Å². The predicted octanol–water partition coefficient (Wildman–Crippen LogP) is 1.33. The minimum atomic E-state index is -3.48. The van der Waals surface area contributed by atoms with E-state index in [-0.39, 0.29) is 22.3 Å². The maximum absolute atomic E-state index is 12.0. The van der Waals surface area contributed by atoms with Crippen molar-refractivity contribution in [3.63, 3.8) is 0 Å². The minimum absolute atomic E-state index is 0.0110. The first-order valence-corrected chi connectivity index (χ1v) is 6.83. The lowest BCUT2D eigenvalue weighted by Gasteiger charge is -2.02. The summed E-state index contributed by atoms with van der Waals surface area (Å²) in [5.41, 5.74) is 0.475. The maximum Gasteiger partial charge on any atom is 0.196 e. The first kappa shape index (κ1) is 11.8. The van der Waals surface area contributed by atoms with Gasteiger partial charge in [-0.25, -0.2) is 13.4 Å². The fourth-order valence-corrected chi connectivity index (χ4v) is 2.85. The standard InChI is InChI=1S/C11H12N2O3S/c1-3-17(15,16)11-10(8(2)14)12-9-6-4-5-7-13(9)11/h4-7H,3H2,1-2H3. The van der Waals surface area contributed by atoms with Crippen LogP contribution in [0.3, 0.4) is 0 Å². The Kier molecular flexibility index (Phi) is 2.74. The van der Waals surface area contributed by atoms with Gasteiger partial charge in [0.25, 0.3) is 0 Å². The molecule has 0 amide bonds. The number of aromatic nitrogens is 2. The molecule has 2 rings (SSSR count). The van der Waals surface area contributed by atoms with Gasteiger partial charge in [-0.15, -0.1) is 0 Å². The van der Waals surface area contributed by atoms with Crippen molar-refractivity contribution in [2.75, 3.05) is 5.75 Å². The number of hydrogen-bond acceptors (Lipinski definition) is 4. The van der Waals surface area contributed by atoms with Crippen molar-refractivity contribution in [3.05, 3.63) is 30.1 Å². The van der Waals surface area contributed by atoms with E-state index in [1.807, 2.05) is 0 Å². The Morgan fingerprint density at radius 2 is 2.12 bits per heavy atom. The largest absolute Gasteiger partial charge is 0.293 e. The predicted molar refractivity (Wildman–Crippen MR) is 62.9 cm³/mol. The van der Waals surface area contributed by atoms with E-state index in [0.29, 0.717) is 5.65 Å². The number of imidazole rings is 1. The van der Waals surface area contributed by atoms with Crippen LogP contribution in [0, 0.1) is 0 Å². The van der Waals surface area contributed by atoms with Gasteiger partial charge in [0, 0.05) is 13.1 Å². The summed E-state index contributed by atoms with van der Waals surface area (Å²) in [5.74, 6) is -0.406. The number of rotatable bonds is 3. The number of carbonyl (C=O) groups excluding carboxylic acids is 1. The average Bonchev–Trinajstić information content (AvgIpc) is 2.69. The van der Waals surface area contributed by atoms with Crippen LogP contribution in [0.2, 0.25) is 0 Å². The summed E-state index contributed by atoms with van der Waals surface area (Å²) >= 11 is 0. The molecule has 0 aromatic carbocycles. The molecule has 0 radical (unpaired) electrons. The molecule has 2 aromatic rings. The van der Waals surface area contributed by atoms with Crippen molar-refractivity contribution in [3.8, 4) is 0 Å². The molecule has 2 aromatic heterocycles. The summed E-state index contributed by atoms with van der Waals surface area (Å²) in [4.78, 5) is 15.5. The van der Waals surface area contributed by atoms with Crippen LogP contribution < -0.4 is 0 Å². The van der Waals surface area contributed by atoms with Crippen LogP contribution in [-0.2, 0) is 9.84 Å². The van der Waals surface area contributed by atoms with Crippen molar-refractivity contribution in [2.45, 2.75) is 18.9 Å². The van der Waals surface area contributed by atoms with Gasteiger partial charge in [0.2, 0.25) is 0 Å². The van der Waals surface area contributed by atoms with Crippen LogP contribution >= 0.6 is 0 Å². The Balaban J connectivity index is 2.92. The second kappa shape index (κ2) is 3.96. The lowest BCUT2D eigenvalue weighted by Crippen LogP contribution is -2.11. The number of fused-ring (bicyclic) bond motifs is 1. The third kappa shape index (κ3) is 1.84. The van der Waals surface area contributed by atoms with Crippen molar-refractivity contribution < 1.29 is 13.2 Å². The molecule has 2 heterocycles. The van der Waals surface area contributed by atoms with E-state index < -0.39 is 9.84 Å². The molecule has 0 fully saturated rings. The molecule has 0 atom stereocenters. The van der Waals surface area contributed by atoms with Gasteiger partial charge in [-0.3, -0.25) is 9.20 Å². The lowest BCUT2D eigenvalue weighted by molar-refractivity contribution is 0.101. The normalized spacial score (nSPS) is 11.9. The van der Waals surface area contributed by atoms with Crippen LogP contribution in [0.15, 0.2) is 29.4 Å². The summed E-state index contributed by atoms with van der Waals surface area (Å²) < 4.78 is 25.4. The van der Waals surface area contributed by atoms with Crippen molar-refractivity contribution in [1.82, 2.24) is 9.38 Å². The van der Waals surface area contributed by atoms with Crippen LogP contribution in [0.5, 0.6) is 0 Å². The van der Waals surface area contributed by atoms with E-state index in [1.165, 1.54) is 11.3 Å². The molecule has 0 aliphatic carbocycles. The molecule has 0 bridgehead atoms.